The minimum atomic E-state index is 0.450. The van der Waals surface area contributed by atoms with Crippen LogP contribution in [0.4, 0.5) is 5.95 Å². The van der Waals surface area contributed by atoms with Gasteiger partial charge in [0.05, 0.1) is 4.88 Å². The molecule has 74 valence electrons. The average molecular weight is 208 g/mol. The van der Waals surface area contributed by atoms with Gasteiger partial charge in [0.15, 0.2) is 5.82 Å². The zero-order valence-corrected chi connectivity index (χ0v) is 9.01. The van der Waals surface area contributed by atoms with E-state index in [0.717, 1.165) is 17.1 Å². The fourth-order valence-electron chi connectivity index (χ4n) is 1.19. The molecule has 0 aromatic carbocycles. The SMILES string of the molecule is CCc1ccc(-c2nc(N)n(C)n2)s1. The number of hydrogen-bond acceptors (Lipinski definition) is 4. The van der Waals surface area contributed by atoms with Crippen molar-refractivity contribution in [2.75, 3.05) is 5.73 Å². The second kappa shape index (κ2) is 3.42. The van der Waals surface area contributed by atoms with Crippen molar-refractivity contribution in [2.45, 2.75) is 13.3 Å². The van der Waals surface area contributed by atoms with Crippen LogP contribution >= 0.6 is 11.3 Å². The van der Waals surface area contributed by atoms with Gasteiger partial charge in [0.1, 0.15) is 0 Å². The minimum Gasteiger partial charge on any atom is -0.368 e. The van der Waals surface area contributed by atoms with Crippen molar-refractivity contribution in [2.24, 2.45) is 7.05 Å². The molecule has 2 rings (SSSR count). The van der Waals surface area contributed by atoms with E-state index in [9.17, 15) is 0 Å². The maximum absolute atomic E-state index is 5.61. The van der Waals surface area contributed by atoms with Crippen molar-refractivity contribution in [3.8, 4) is 10.7 Å². The summed E-state index contributed by atoms with van der Waals surface area (Å²) in [5.74, 6) is 1.17. The van der Waals surface area contributed by atoms with Gasteiger partial charge in [-0.1, -0.05) is 6.92 Å². The first-order valence-electron chi connectivity index (χ1n) is 4.46. The normalized spacial score (nSPS) is 10.7. The maximum Gasteiger partial charge on any atom is 0.218 e. The number of nitrogens with zero attached hydrogens (tertiary/aromatic N) is 3. The molecule has 0 aliphatic rings. The van der Waals surface area contributed by atoms with Crippen LogP contribution < -0.4 is 5.73 Å². The molecule has 0 bridgehead atoms. The number of anilines is 1. The number of nitrogens with two attached hydrogens (primary N) is 1. The number of hydrogen-bond donors (Lipinski definition) is 1. The standard InChI is InChI=1S/C9H12N4S/c1-3-6-4-5-7(14-6)8-11-9(10)13(2)12-8/h4-5H,3H2,1-2H3,(H2,10,11,12). The molecule has 0 atom stereocenters. The van der Waals surface area contributed by atoms with Crippen LogP contribution in [0.5, 0.6) is 0 Å². The molecule has 2 N–H and O–H groups in total. The molecule has 0 aliphatic heterocycles. The fourth-order valence-corrected chi connectivity index (χ4v) is 2.07. The highest BCUT2D eigenvalue weighted by Gasteiger charge is 2.08. The predicted molar refractivity (Wildman–Crippen MR) is 58.1 cm³/mol. The molecule has 2 aromatic heterocycles. The van der Waals surface area contributed by atoms with Gasteiger partial charge in [0.25, 0.3) is 0 Å². The van der Waals surface area contributed by atoms with Gasteiger partial charge in [-0.2, -0.15) is 4.98 Å². The van der Waals surface area contributed by atoms with Gasteiger partial charge in [-0.05, 0) is 18.6 Å². The quantitative estimate of drug-likeness (QED) is 0.817. The van der Waals surface area contributed by atoms with Crippen LogP contribution in [-0.2, 0) is 13.5 Å². The Morgan fingerprint density at radius 1 is 1.50 bits per heavy atom. The van der Waals surface area contributed by atoms with Crippen LogP contribution in [-0.4, -0.2) is 14.8 Å². The van der Waals surface area contributed by atoms with Gasteiger partial charge >= 0.3 is 0 Å². The molecule has 0 spiro atoms. The van der Waals surface area contributed by atoms with Crippen LogP contribution in [0.15, 0.2) is 12.1 Å². The van der Waals surface area contributed by atoms with Crippen LogP contribution in [0.25, 0.3) is 10.7 Å². The summed E-state index contributed by atoms with van der Waals surface area (Å²) in [7, 11) is 1.79. The molecule has 0 radical (unpaired) electrons. The van der Waals surface area contributed by atoms with Crippen molar-refractivity contribution in [3.05, 3.63) is 17.0 Å². The van der Waals surface area contributed by atoms with E-state index < -0.39 is 0 Å². The van der Waals surface area contributed by atoms with Crippen molar-refractivity contribution in [1.82, 2.24) is 14.8 Å². The first-order valence-corrected chi connectivity index (χ1v) is 5.28. The van der Waals surface area contributed by atoms with E-state index in [-0.39, 0.29) is 0 Å². The molecular formula is C9H12N4S. The minimum absolute atomic E-state index is 0.450. The Kier molecular flexibility index (Phi) is 2.25. The Morgan fingerprint density at radius 3 is 2.79 bits per heavy atom. The number of nitrogen functional groups attached to an aromatic ring is 1. The highest BCUT2D eigenvalue weighted by Crippen LogP contribution is 2.26. The first-order chi connectivity index (χ1) is 6.70. The summed E-state index contributed by atoms with van der Waals surface area (Å²) in [5, 5.41) is 4.22. The molecule has 2 aromatic rings. The van der Waals surface area contributed by atoms with Gasteiger partial charge in [0, 0.05) is 11.9 Å². The van der Waals surface area contributed by atoms with E-state index in [1.54, 1.807) is 23.1 Å². The summed E-state index contributed by atoms with van der Waals surface area (Å²) in [6, 6.07) is 4.14. The van der Waals surface area contributed by atoms with E-state index in [0.29, 0.717) is 5.95 Å². The molecule has 0 unspecified atom stereocenters. The monoisotopic (exact) mass is 208 g/mol. The molecule has 0 saturated heterocycles. The van der Waals surface area contributed by atoms with E-state index >= 15 is 0 Å². The summed E-state index contributed by atoms with van der Waals surface area (Å²) in [4.78, 5) is 6.58. The molecule has 2 heterocycles. The molecule has 14 heavy (non-hydrogen) atoms. The van der Waals surface area contributed by atoms with Crippen LogP contribution in [0.3, 0.4) is 0 Å². The van der Waals surface area contributed by atoms with E-state index in [1.807, 2.05) is 6.07 Å². The first kappa shape index (κ1) is 9.21. The van der Waals surface area contributed by atoms with Crippen LogP contribution in [0, 0.1) is 0 Å². The molecule has 0 fully saturated rings. The van der Waals surface area contributed by atoms with E-state index in [2.05, 4.69) is 23.1 Å². The highest BCUT2D eigenvalue weighted by atomic mass is 32.1. The van der Waals surface area contributed by atoms with Gasteiger partial charge in [0.2, 0.25) is 5.95 Å². The number of aryl methyl sites for hydroxylation is 2. The topological polar surface area (TPSA) is 56.7 Å². The second-order valence-corrected chi connectivity index (χ2v) is 4.21. The van der Waals surface area contributed by atoms with Crippen molar-refractivity contribution >= 4 is 17.3 Å². The van der Waals surface area contributed by atoms with Gasteiger partial charge in [-0.25, -0.2) is 4.68 Å². The van der Waals surface area contributed by atoms with Gasteiger partial charge < -0.3 is 5.73 Å². The predicted octanol–water partition coefficient (Wildman–Crippen LogP) is 1.69. The highest BCUT2D eigenvalue weighted by molar-refractivity contribution is 7.15. The third-order valence-electron chi connectivity index (χ3n) is 2.03. The zero-order chi connectivity index (χ0) is 10.1. The van der Waals surface area contributed by atoms with Crippen LogP contribution in [0.1, 0.15) is 11.8 Å². The molecule has 5 heteroatoms. The summed E-state index contributed by atoms with van der Waals surface area (Å²) < 4.78 is 1.58. The lowest BCUT2D eigenvalue weighted by Gasteiger charge is -1.86. The largest absolute Gasteiger partial charge is 0.368 e. The average Bonchev–Trinajstić information content (AvgIpc) is 2.74. The Labute approximate surface area is 86.4 Å². The van der Waals surface area contributed by atoms with E-state index in [1.165, 1.54) is 4.88 Å². The smallest absolute Gasteiger partial charge is 0.218 e. The summed E-state index contributed by atoms with van der Waals surface area (Å²) in [5.41, 5.74) is 5.61. The van der Waals surface area contributed by atoms with Gasteiger partial charge in [-0.3, -0.25) is 0 Å². The molecule has 0 saturated carbocycles. The molecule has 0 amide bonds. The molecular weight excluding hydrogens is 196 g/mol. The molecule has 0 aliphatic carbocycles. The number of aromatic nitrogens is 3. The third-order valence-corrected chi connectivity index (χ3v) is 3.25. The van der Waals surface area contributed by atoms with Crippen molar-refractivity contribution < 1.29 is 0 Å². The zero-order valence-electron chi connectivity index (χ0n) is 8.19. The lowest BCUT2D eigenvalue weighted by molar-refractivity contribution is 0.781. The Morgan fingerprint density at radius 2 is 2.29 bits per heavy atom. The number of thiophene rings is 1. The summed E-state index contributed by atoms with van der Waals surface area (Å²) in [6.45, 7) is 2.13. The number of rotatable bonds is 2. The third kappa shape index (κ3) is 1.50. The summed E-state index contributed by atoms with van der Waals surface area (Å²) in [6.07, 6.45) is 1.05. The Bertz CT molecular complexity index is 424. The molecule has 4 nitrogen and oxygen atoms in total. The van der Waals surface area contributed by atoms with Crippen molar-refractivity contribution in [3.63, 3.8) is 0 Å². The second-order valence-electron chi connectivity index (χ2n) is 3.04. The summed E-state index contributed by atoms with van der Waals surface area (Å²) >= 11 is 1.71. The fraction of sp³-hybridized carbons (Fsp3) is 0.333. The van der Waals surface area contributed by atoms with E-state index in [4.69, 9.17) is 5.73 Å². The lowest BCUT2D eigenvalue weighted by Crippen LogP contribution is -1.97. The van der Waals surface area contributed by atoms with Crippen LogP contribution in [0.2, 0.25) is 0 Å². The lowest BCUT2D eigenvalue weighted by atomic mass is 10.3. The Balaban J connectivity index is 2.39. The maximum atomic E-state index is 5.61. The van der Waals surface area contributed by atoms with Gasteiger partial charge in [-0.15, -0.1) is 16.4 Å². The van der Waals surface area contributed by atoms with Crippen molar-refractivity contribution in [1.29, 1.82) is 0 Å². The Hall–Kier alpha value is -1.36.